The average molecular weight is 545 g/mol. The van der Waals surface area contributed by atoms with Crippen molar-refractivity contribution in [2.24, 2.45) is 5.41 Å². The minimum absolute atomic E-state index is 0.405. The van der Waals surface area contributed by atoms with Crippen LogP contribution in [-0.2, 0) is 0 Å². The van der Waals surface area contributed by atoms with Gasteiger partial charge in [-0.2, -0.15) is 0 Å². The summed E-state index contributed by atoms with van der Waals surface area (Å²) in [6.07, 6.45) is 10.7. The van der Waals surface area contributed by atoms with Gasteiger partial charge in [0.1, 0.15) is 11.5 Å². The van der Waals surface area contributed by atoms with Crippen LogP contribution in [0.2, 0.25) is 0 Å². The summed E-state index contributed by atoms with van der Waals surface area (Å²) >= 11 is 0. The maximum absolute atomic E-state index is 11.9. The summed E-state index contributed by atoms with van der Waals surface area (Å²) in [6, 6.07) is 9.66. The number of aryl methyl sites for hydroxylation is 4. The zero-order valence-corrected chi connectivity index (χ0v) is 26.9. The van der Waals surface area contributed by atoms with Gasteiger partial charge in [0.15, 0.2) is 0 Å². The Bertz CT molecular complexity index is 906. The molecular weight excluding hydrogens is 490 g/mol. The Hall–Kier alpha value is -1.60. The minimum atomic E-state index is -0.597. The maximum atomic E-state index is 11.9. The predicted octanol–water partition coefficient (Wildman–Crippen LogP) is 9.65. The Labute approximate surface area is 234 Å². The van der Waals surface area contributed by atoms with E-state index in [9.17, 15) is 4.39 Å². The molecule has 4 heteroatoms. The third kappa shape index (κ3) is 7.53. The number of ether oxygens (including phenoxy) is 2. The Balaban J connectivity index is 0.000000491. The molecule has 214 valence electrons. The van der Waals surface area contributed by atoms with E-state index in [4.69, 9.17) is 9.47 Å². The standard InChI is InChI=1S/C26H35O2P.C6H13F.C2H6/c1-17-13-21(14-18(2)24(17)27-5)29(23-9-7-10-26(23)11-8-12-26)22-15-19(3)25(28-6)20(4)16-22;1-3-4-5-6(2)7;1-2/h13-16,23H,7-12H2,1-6H3;6H,3-5H2,1-2H3;1-2H3/t23-;;/m1../s1. The zero-order chi connectivity index (χ0) is 28.5. The molecule has 0 saturated heterocycles. The number of benzene rings is 2. The van der Waals surface area contributed by atoms with Gasteiger partial charge in [0.25, 0.3) is 0 Å². The van der Waals surface area contributed by atoms with Crippen molar-refractivity contribution in [3.05, 3.63) is 46.5 Å². The van der Waals surface area contributed by atoms with Gasteiger partial charge in [0.05, 0.1) is 20.4 Å². The molecule has 0 radical (unpaired) electrons. The number of unbranched alkanes of at least 4 members (excludes halogenated alkanes) is 1. The SMILES string of the molecule is CC.CCCCC(C)F.COc1c(C)cc(P(c2cc(C)c(OC)c(C)c2)[C@@H]2CCCC23CCC3)cc1C. The molecule has 2 nitrogen and oxygen atoms in total. The van der Waals surface area contributed by atoms with Gasteiger partial charge >= 0.3 is 0 Å². The molecule has 2 aromatic carbocycles. The van der Waals surface area contributed by atoms with Gasteiger partial charge in [0.2, 0.25) is 0 Å². The van der Waals surface area contributed by atoms with E-state index in [-0.39, 0.29) is 0 Å². The number of rotatable bonds is 8. The van der Waals surface area contributed by atoms with Crippen molar-refractivity contribution in [2.45, 2.75) is 125 Å². The lowest BCUT2D eigenvalue weighted by Crippen LogP contribution is -2.39. The highest BCUT2D eigenvalue weighted by Crippen LogP contribution is 2.64. The fourth-order valence-electron chi connectivity index (χ4n) is 6.51. The van der Waals surface area contributed by atoms with E-state index in [1.807, 2.05) is 13.8 Å². The van der Waals surface area contributed by atoms with Crippen LogP contribution in [0.1, 0.15) is 108 Å². The molecular formula is C34H54FO2P. The van der Waals surface area contributed by atoms with Crippen LogP contribution in [0.4, 0.5) is 4.39 Å². The number of methoxy groups -OCH3 is 2. The molecule has 2 aromatic rings. The summed E-state index contributed by atoms with van der Waals surface area (Å²) in [5.74, 6) is 2.08. The van der Waals surface area contributed by atoms with E-state index in [1.165, 1.54) is 71.4 Å². The van der Waals surface area contributed by atoms with Crippen molar-refractivity contribution >= 4 is 18.5 Å². The monoisotopic (exact) mass is 544 g/mol. The van der Waals surface area contributed by atoms with Crippen LogP contribution in [0, 0.1) is 33.1 Å². The topological polar surface area (TPSA) is 18.5 Å². The second kappa shape index (κ2) is 15.3. The first-order valence-electron chi connectivity index (χ1n) is 14.9. The molecule has 2 aliphatic rings. The highest BCUT2D eigenvalue weighted by atomic mass is 31.1. The summed E-state index contributed by atoms with van der Waals surface area (Å²) in [6.45, 7) is 16.5. The molecule has 0 bridgehead atoms. The summed E-state index contributed by atoms with van der Waals surface area (Å²) in [5.41, 5.74) is 6.44. The van der Waals surface area contributed by atoms with Gasteiger partial charge in [-0.15, -0.1) is 0 Å². The quantitative estimate of drug-likeness (QED) is 0.308. The van der Waals surface area contributed by atoms with E-state index >= 15 is 0 Å². The van der Waals surface area contributed by atoms with Gasteiger partial charge in [-0.25, -0.2) is 4.39 Å². The summed E-state index contributed by atoms with van der Waals surface area (Å²) in [5, 5.41) is 3.05. The van der Waals surface area contributed by atoms with Gasteiger partial charge in [0, 0.05) is 0 Å². The largest absolute Gasteiger partial charge is 0.496 e. The van der Waals surface area contributed by atoms with Crippen molar-refractivity contribution in [1.82, 2.24) is 0 Å². The molecule has 4 rings (SSSR count). The fraction of sp³-hybridized carbons (Fsp3) is 0.647. The minimum Gasteiger partial charge on any atom is -0.496 e. The smallest absolute Gasteiger partial charge is 0.124 e. The Morgan fingerprint density at radius 2 is 1.26 bits per heavy atom. The van der Waals surface area contributed by atoms with Gasteiger partial charge in [-0.05, 0) is 143 Å². The molecule has 0 N–H and O–H groups in total. The second-order valence-electron chi connectivity index (χ2n) is 11.1. The summed E-state index contributed by atoms with van der Waals surface area (Å²) in [7, 11) is 3.17. The number of halogens is 1. The molecule has 2 aliphatic carbocycles. The first kappa shape index (κ1) is 32.6. The molecule has 0 aliphatic heterocycles. The van der Waals surface area contributed by atoms with Crippen molar-refractivity contribution in [3.63, 3.8) is 0 Å². The predicted molar refractivity (Wildman–Crippen MR) is 166 cm³/mol. The zero-order valence-electron chi connectivity index (χ0n) is 26.0. The van der Waals surface area contributed by atoms with Gasteiger partial charge in [-0.3, -0.25) is 0 Å². The lowest BCUT2D eigenvalue weighted by molar-refractivity contribution is 0.149. The Kier molecular flexibility index (Phi) is 13.1. The summed E-state index contributed by atoms with van der Waals surface area (Å²) < 4.78 is 23.2. The highest BCUT2D eigenvalue weighted by molar-refractivity contribution is 7.73. The van der Waals surface area contributed by atoms with E-state index in [0.29, 0.717) is 5.41 Å². The molecule has 1 spiro atoms. The highest BCUT2D eigenvalue weighted by Gasteiger charge is 2.50. The van der Waals surface area contributed by atoms with Crippen LogP contribution in [0.5, 0.6) is 11.5 Å². The van der Waals surface area contributed by atoms with Crippen molar-refractivity contribution < 1.29 is 13.9 Å². The molecule has 2 atom stereocenters. The molecule has 2 fully saturated rings. The first-order chi connectivity index (χ1) is 18.2. The first-order valence-corrected chi connectivity index (χ1v) is 16.3. The summed E-state index contributed by atoms with van der Waals surface area (Å²) in [4.78, 5) is 0. The molecule has 0 amide bonds. The van der Waals surface area contributed by atoms with Crippen LogP contribution in [-0.4, -0.2) is 26.1 Å². The van der Waals surface area contributed by atoms with Crippen molar-refractivity contribution in [3.8, 4) is 11.5 Å². The third-order valence-corrected chi connectivity index (χ3v) is 11.4. The van der Waals surface area contributed by atoms with Crippen LogP contribution < -0.4 is 20.1 Å². The van der Waals surface area contributed by atoms with Crippen molar-refractivity contribution in [1.29, 1.82) is 0 Å². The van der Waals surface area contributed by atoms with Crippen LogP contribution in [0.3, 0.4) is 0 Å². The van der Waals surface area contributed by atoms with Gasteiger partial charge in [-0.1, -0.05) is 46.5 Å². The van der Waals surface area contributed by atoms with E-state index in [0.717, 1.165) is 36.4 Å². The number of alkyl halides is 1. The van der Waals surface area contributed by atoms with Crippen LogP contribution in [0.15, 0.2) is 24.3 Å². The molecule has 1 unspecified atom stereocenters. The number of hydrogen-bond acceptors (Lipinski definition) is 2. The molecule has 38 heavy (non-hydrogen) atoms. The molecule has 0 aromatic heterocycles. The third-order valence-electron chi connectivity index (χ3n) is 8.33. The maximum Gasteiger partial charge on any atom is 0.124 e. The van der Waals surface area contributed by atoms with E-state index in [1.54, 1.807) is 21.1 Å². The molecule has 0 heterocycles. The van der Waals surface area contributed by atoms with Crippen molar-refractivity contribution in [2.75, 3.05) is 14.2 Å². The second-order valence-corrected chi connectivity index (χ2v) is 13.5. The Morgan fingerprint density at radius 1 is 0.842 bits per heavy atom. The molecule has 2 saturated carbocycles. The lowest BCUT2D eigenvalue weighted by Gasteiger charge is -2.47. The van der Waals surface area contributed by atoms with Crippen LogP contribution in [0.25, 0.3) is 0 Å². The van der Waals surface area contributed by atoms with Crippen LogP contribution >= 0.6 is 7.92 Å². The number of hydrogen-bond donors (Lipinski definition) is 0. The average Bonchev–Trinajstić information content (AvgIpc) is 3.30. The van der Waals surface area contributed by atoms with E-state index in [2.05, 4.69) is 58.9 Å². The van der Waals surface area contributed by atoms with Gasteiger partial charge < -0.3 is 9.47 Å². The normalized spacial score (nSPS) is 18.2. The Morgan fingerprint density at radius 3 is 1.55 bits per heavy atom. The lowest BCUT2D eigenvalue weighted by atomic mass is 9.67. The fourth-order valence-corrected chi connectivity index (χ4v) is 10.2. The van der Waals surface area contributed by atoms with E-state index < -0.39 is 14.1 Å².